The summed E-state index contributed by atoms with van der Waals surface area (Å²) in [6.07, 6.45) is 1.74. The summed E-state index contributed by atoms with van der Waals surface area (Å²) in [4.78, 5) is 29.1. The average Bonchev–Trinajstić information content (AvgIpc) is 2.79. The third-order valence-corrected chi connectivity index (χ3v) is 5.80. The van der Waals surface area contributed by atoms with E-state index in [1.165, 1.54) is 18.7 Å². The van der Waals surface area contributed by atoms with Gasteiger partial charge in [0, 0.05) is 23.7 Å². The highest BCUT2D eigenvalue weighted by Crippen LogP contribution is 2.26. The molecule has 1 heterocycles. The molecule has 2 aromatic carbocycles. The quantitative estimate of drug-likeness (QED) is 0.451. The molecule has 166 valence electrons. The zero-order valence-electron chi connectivity index (χ0n) is 18.4. The maximum Gasteiger partial charge on any atom is 0.233 e. The molecule has 0 radical (unpaired) electrons. The van der Waals surface area contributed by atoms with Gasteiger partial charge in [-0.15, -0.1) is 11.8 Å². The zero-order valence-corrected chi connectivity index (χ0v) is 19.2. The first kappa shape index (κ1) is 23.3. The number of hydrogen-bond acceptors (Lipinski definition) is 5. The molecule has 0 fully saturated rings. The highest BCUT2D eigenvalue weighted by Gasteiger charge is 2.18. The fourth-order valence-electron chi connectivity index (χ4n) is 3.01. The molecule has 2 amide bonds. The van der Waals surface area contributed by atoms with Gasteiger partial charge < -0.3 is 15.4 Å². The third-order valence-electron chi connectivity index (χ3n) is 4.69. The highest BCUT2D eigenvalue weighted by molar-refractivity contribution is 8.00. The van der Waals surface area contributed by atoms with Gasteiger partial charge in [-0.25, -0.2) is 0 Å². The van der Waals surface area contributed by atoms with Crippen LogP contribution in [0, 0.1) is 0 Å². The first-order valence-electron chi connectivity index (χ1n) is 10.4. The van der Waals surface area contributed by atoms with Crippen LogP contribution in [-0.4, -0.2) is 22.0 Å². The van der Waals surface area contributed by atoms with E-state index in [4.69, 9.17) is 4.74 Å². The van der Waals surface area contributed by atoms with E-state index in [1.807, 2.05) is 80.6 Å². The minimum Gasteiger partial charge on any atom is -0.487 e. The molecule has 3 aromatic rings. The van der Waals surface area contributed by atoms with Crippen LogP contribution < -0.4 is 15.4 Å². The largest absolute Gasteiger partial charge is 0.487 e. The molecule has 7 heteroatoms. The van der Waals surface area contributed by atoms with Gasteiger partial charge in [0.05, 0.1) is 17.0 Å². The fourth-order valence-corrected chi connectivity index (χ4v) is 3.88. The number of hydrogen-bond donors (Lipinski definition) is 2. The number of benzene rings is 2. The van der Waals surface area contributed by atoms with E-state index in [0.717, 1.165) is 27.6 Å². The number of pyridine rings is 1. The second-order valence-corrected chi connectivity index (χ2v) is 8.79. The van der Waals surface area contributed by atoms with Crippen molar-refractivity contribution in [3.63, 3.8) is 0 Å². The van der Waals surface area contributed by atoms with E-state index in [9.17, 15) is 9.59 Å². The molecule has 3 rings (SSSR count). The molecular weight excluding hydrogens is 422 g/mol. The summed E-state index contributed by atoms with van der Waals surface area (Å²) >= 11 is 1.47. The van der Waals surface area contributed by atoms with Crippen molar-refractivity contribution in [2.24, 2.45) is 0 Å². The van der Waals surface area contributed by atoms with Crippen LogP contribution >= 0.6 is 11.8 Å². The Morgan fingerprint density at radius 1 is 1.03 bits per heavy atom. The van der Waals surface area contributed by atoms with E-state index in [2.05, 4.69) is 15.6 Å². The molecule has 0 saturated heterocycles. The Balaban J connectivity index is 1.53. The van der Waals surface area contributed by atoms with Crippen LogP contribution in [0.5, 0.6) is 5.75 Å². The number of aromatic nitrogens is 1. The summed E-state index contributed by atoms with van der Waals surface area (Å²) in [5.74, 6) is 0.572. The van der Waals surface area contributed by atoms with Crippen LogP contribution in [-0.2, 0) is 16.2 Å². The zero-order chi connectivity index (χ0) is 22.9. The summed E-state index contributed by atoms with van der Waals surface area (Å²) in [6.45, 7) is 5.69. The summed E-state index contributed by atoms with van der Waals surface area (Å²) in [6, 6.07) is 20.7. The summed E-state index contributed by atoms with van der Waals surface area (Å²) in [7, 11) is 0. The fraction of sp³-hybridized carbons (Fsp3) is 0.240. The van der Waals surface area contributed by atoms with E-state index >= 15 is 0 Å². The number of amides is 2. The lowest BCUT2D eigenvalue weighted by Crippen LogP contribution is -2.33. The van der Waals surface area contributed by atoms with Gasteiger partial charge in [0.2, 0.25) is 11.8 Å². The van der Waals surface area contributed by atoms with Gasteiger partial charge >= 0.3 is 0 Å². The van der Waals surface area contributed by atoms with Crippen molar-refractivity contribution >= 4 is 29.3 Å². The number of thioether (sulfide) groups is 1. The van der Waals surface area contributed by atoms with Crippen LogP contribution in [0.15, 0.2) is 77.8 Å². The lowest BCUT2D eigenvalue weighted by molar-refractivity contribution is -0.121. The topological polar surface area (TPSA) is 80.3 Å². The first-order chi connectivity index (χ1) is 15.4. The Morgan fingerprint density at radius 2 is 1.81 bits per heavy atom. The number of carbonyl (C=O) groups excluding carboxylic acids is 2. The van der Waals surface area contributed by atoms with Gasteiger partial charge in [-0.3, -0.25) is 14.6 Å². The van der Waals surface area contributed by atoms with E-state index < -0.39 is 0 Å². The number of nitrogens with one attached hydrogen (secondary N) is 2. The van der Waals surface area contributed by atoms with E-state index in [1.54, 1.807) is 6.20 Å². The van der Waals surface area contributed by atoms with Gasteiger partial charge in [-0.05, 0) is 67.9 Å². The Morgan fingerprint density at radius 3 is 2.50 bits per heavy atom. The molecule has 0 spiro atoms. The Labute approximate surface area is 192 Å². The van der Waals surface area contributed by atoms with Gasteiger partial charge in [0.15, 0.2) is 0 Å². The molecule has 1 aromatic heterocycles. The molecule has 0 aliphatic carbocycles. The summed E-state index contributed by atoms with van der Waals surface area (Å²) in [5, 5.41) is 5.53. The summed E-state index contributed by atoms with van der Waals surface area (Å²) < 4.78 is 5.84. The van der Waals surface area contributed by atoms with Crippen LogP contribution in [0.3, 0.4) is 0 Å². The SMILES string of the molecule is CC(=O)Nc1ccc(SC(C)C(=O)NC(C)c2cccc(OCc3ccccn3)c2)cc1. The van der Waals surface area contributed by atoms with Crippen LogP contribution in [0.25, 0.3) is 0 Å². The first-order valence-corrected chi connectivity index (χ1v) is 11.3. The molecule has 6 nitrogen and oxygen atoms in total. The van der Waals surface area contributed by atoms with Gasteiger partial charge in [-0.2, -0.15) is 0 Å². The predicted octanol–water partition coefficient (Wildman–Crippen LogP) is 4.98. The maximum absolute atomic E-state index is 12.7. The number of nitrogens with zero attached hydrogens (tertiary/aromatic N) is 1. The van der Waals surface area contributed by atoms with E-state index in [-0.39, 0.29) is 23.1 Å². The molecular formula is C25H27N3O3S. The minimum absolute atomic E-state index is 0.0479. The molecule has 0 aliphatic rings. The molecule has 32 heavy (non-hydrogen) atoms. The van der Waals surface area contributed by atoms with Crippen LogP contribution in [0.2, 0.25) is 0 Å². The van der Waals surface area contributed by atoms with Crippen molar-refractivity contribution in [2.75, 3.05) is 5.32 Å². The van der Waals surface area contributed by atoms with Crippen molar-refractivity contribution in [3.8, 4) is 5.75 Å². The molecule has 0 bridgehead atoms. The minimum atomic E-state index is -0.271. The molecule has 2 atom stereocenters. The molecule has 0 saturated carbocycles. The molecule has 2 unspecified atom stereocenters. The summed E-state index contributed by atoms with van der Waals surface area (Å²) in [5.41, 5.74) is 2.56. The van der Waals surface area contributed by atoms with Gasteiger partial charge in [-0.1, -0.05) is 18.2 Å². The van der Waals surface area contributed by atoms with Crippen molar-refractivity contribution < 1.29 is 14.3 Å². The van der Waals surface area contributed by atoms with Crippen LogP contribution in [0.4, 0.5) is 5.69 Å². The van der Waals surface area contributed by atoms with Crippen molar-refractivity contribution in [3.05, 3.63) is 84.2 Å². The lowest BCUT2D eigenvalue weighted by atomic mass is 10.1. The van der Waals surface area contributed by atoms with Gasteiger partial charge in [0.1, 0.15) is 12.4 Å². The standard InChI is InChI=1S/C25H27N3O3S/c1-17(20-7-6-9-23(15-20)31-16-22-8-4-5-14-26-22)27-25(30)18(2)32-24-12-10-21(11-13-24)28-19(3)29/h4-15,17-18H,16H2,1-3H3,(H,27,30)(H,28,29). The number of ether oxygens (including phenoxy) is 1. The molecule has 2 N–H and O–H groups in total. The number of carbonyl (C=O) groups is 2. The Bertz CT molecular complexity index is 1040. The van der Waals surface area contributed by atoms with E-state index in [0.29, 0.717) is 6.61 Å². The second-order valence-electron chi connectivity index (χ2n) is 7.38. The predicted molar refractivity (Wildman–Crippen MR) is 128 cm³/mol. The van der Waals surface area contributed by atoms with Crippen molar-refractivity contribution in [1.29, 1.82) is 0 Å². The Kier molecular flexibility index (Phi) is 8.27. The monoisotopic (exact) mass is 449 g/mol. The Hall–Kier alpha value is -3.32. The lowest BCUT2D eigenvalue weighted by Gasteiger charge is -2.18. The normalized spacial score (nSPS) is 12.5. The maximum atomic E-state index is 12.7. The third kappa shape index (κ3) is 7.13. The molecule has 0 aliphatic heterocycles. The smallest absolute Gasteiger partial charge is 0.233 e. The van der Waals surface area contributed by atoms with Crippen molar-refractivity contribution in [1.82, 2.24) is 10.3 Å². The number of anilines is 1. The number of rotatable bonds is 9. The highest BCUT2D eigenvalue weighted by atomic mass is 32.2. The van der Waals surface area contributed by atoms with Crippen molar-refractivity contribution in [2.45, 2.75) is 43.6 Å². The second kappa shape index (κ2) is 11.3. The average molecular weight is 450 g/mol. The van der Waals surface area contributed by atoms with Crippen LogP contribution in [0.1, 0.15) is 38.1 Å². The van der Waals surface area contributed by atoms with Gasteiger partial charge in [0.25, 0.3) is 0 Å².